The van der Waals surface area contributed by atoms with Crippen LogP contribution in [0.2, 0.25) is 0 Å². The van der Waals surface area contributed by atoms with Crippen LogP contribution in [0, 0.1) is 5.92 Å². The van der Waals surface area contributed by atoms with Crippen LogP contribution in [0.5, 0.6) is 0 Å². The number of hydrogen-bond donors (Lipinski definition) is 1. The summed E-state index contributed by atoms with van der Waals surface area (Å²) in [4.78, 5) is 4.55. The Labute approximate surface area is 114 Å². The molecule has 2 rings (SSSR count). The first-order chi connectivity index (χ1) is 9.00. The standard InChI is InChI=1S/C14H25N3O2/c1-5-14(6-2,18-7-3)11-16-12(19-17-11)13(4,15)10-8-9-10/h10H,5-9,15H2,1-4H3. The van der Waals surface area contributed by atoms with Crippen molar-refractivity contribution in [1.82, 2.24) is 10.1 Å². The van der Waals surface area contributed by atoms with E-state index in [4.69, 9.17) is 15.0 Å². The van der Waals surface area contributed by atoms with E-state index in [2.05, 4.69) is 24.0 Å². The molecule has 0 spiro atoms. The van der Waals surface area contributed by atoms with Crippen molar-refractivity contribution < 1.29 is 9.26 Å². The Bertz CT molecular complexity index is 420. The smallest absolute Gasteiger partial charge is 0.246 e. The molecule has 0 saturated heterocycles. The molecule has 0 amide bonds. The first-order valence-electron chi connectivity index (χ1n) is 7.27. The molecule has 1 atom stereocenters. The van der Waals surface area contributed by atoms with E-state index in [0.717, 1.165) is 25.7 Å². The summed E-state index contributed by atoms with van der Waals surface area (Å²) in [7, 11) is 0. The van der Waals surface area contributed by atoms with Crippen molar-refractivity contribution in [2.75, 3.05) is 6.61 Å². The fraction of sp³-hybridized carbons (Fsp3) is 0.857. The second-order valence-corrected chi connectivity index (χ2v) is 5.61. The van der Waals surface area contributed by atoms with Gasteiger partial charge in [0, 0.05) is 6.61 Å². The molecule has 0 radical (unpaired) electrons. The molecule has 2 N–H and O–H groups in total. The van der Waals surface area contributed by atoms with Crippen LogP contribution >= 0.6 is 0 Å². The molecule has 1 aromatic heterocycles. The van der Waals surface area contributed by atoms with Crippen LogP contribution in [-0.4, -0.2) is 16.7 Å². The molecule has 108 valence electrons. The van der Waals surface area contributed by atoms with Crippen molar-refractivity contribution in [3.8, 4) is 0 Å². The second-order valence-electron chi connectivity index (χ2n) is 5.61. The van der Waals surface area contributed by atoms with Crippen molar-refractivity contribution in [3.05, 3.63) is 11.7 Å². The van der Waals surface area contributed by atoms with Crippen LogP contribution in [0.25, 0.3) is 0 Å². The third-order valence-electron chi connectivity index (χ3n) is 4.28. The van der Waals surface area contributed by atoms with Gasteiger partial charge in [-0.15, -0.1) is 0 Å². The molecule has 0 bridgehead atoms. The van der Waals surface area contributed by atoms with Gasteiger partial charge in [0.2, 0.25) is 11.7 Å². The maximum atomic E-state index is 6.32. The van der Waals surface area contributed by atoms with E-state index in [9.17, 15) is 0 Å². The van der Waals surface area contributed by atoms with E-state index in [1.54, 1.807) is 0 Å². The van der Waals surface area contributed by atoms with Crippen LogP contribution < -0.4 is 5.73 Å². The zero-order valence-electron chi connectivity index (χ0n) is 12.4. The van der Waals surface area contributed by atoms with Gasteiger partial charge in [-0.3, -0.25) is 0 Å². The average molecular weight is 267 g/mol. The van der Waals surface area contributed by atoms with Crippen LogP contribution in [0.15, 0.2) is 4.52 Å². The summed E-state index contributed by atoms with van der Waals surface area (Å²) in [5, 5.41) is 4.13. The predicted molar refractivity (Wildman–Crippen MR) is 72.4 cm³/mol. The minimum Gasteiger partial charge on any atom is -0.367 e. The van der Waals surface area contributed by atoms with Gasteiger partial charge in [-0.2, -0.15) is 4.98 Å². The van der Waals surface area contributed by atoms with E-state index in [1.807, 2.05) is 13.8 Å². The van der Waals surface area contributed by atoms with Gasteiger partial charge in [-0.05, 0) is 45.4 Å². The van der Waals surface area contributed by atoms with E-state index in [1.165, 1.54) is 0 Å². The molecular formula is C14H25N3O2. The summed E-state index contributed by atoms with van der Waals surface area (Å²) < 4.78 is 11.3. The fourth-order valence-electron chi connectivity index (χ4n) is 2.60. The van der Waals surface area contributed by atoms with Crippen molar-refractivity contribution in [3.63, 3.8) is 0 Å². The topological polar surface area (TPSA) is 74.2 Å². The lowest BCUT2D eigenvalue weighted by atomic mass is 9.95. The first-order valence-corrected chi connectivity index (χ1v) is 7.27. The summed E-state index contributed by atoms with van der Waals surface area (Å²) in [6.07, 6.45) is 3.92. The SMILES string of the molecule is CCOC(CC)(CC)c1noc(C(C)(N)C2CC2)n1. The van der Waals surface area contributed by atoms with Gasteiger partial charge in [0.15, 0.2) is 0 Å². The monoisotopic (exact) mass is 267 g/mol. The predicted octanol–water partition coefficient (Wildman–Crippen LogP) is 2.71. The average Bonchev–Trinajstić information content (AvgIpc) is 3.14. The van der Waals surface area contributed by atoms with E-state index < -0.39 is 11.1 Å². The molecule has 1 aliphatic rings. The third-order valence-corrected chi connectivity index (χ3v) is 4.28. The summed E-state index contributed by atoms with van der Waals surface area (Å²) >= 11 is 0. The van der Waals surface area contributed by atoms with E-state index in [-0.39, 0.29) is 0 Å². The lowest BCUT2D eigenvalue weighted by Gasteiger charge is -2.27. The highest BCUT2D eigenvalue weighted by Crippen LogP contribution is 2.43. The van der Waals surface area contributed by atoms with Crippen molar-refractivity contribution in [2.45, 2.75) is 64.5 Å². The van der Waals surface area contributed by atoms with Crippen LogP contribution in [0.3, 0.4) is 0 Å². The molecule has 0 aliphatic heterocycles. The third kappa shape index (κ3) is 2.54. The minimum atomic E-state index is -0.509. The number of hydrogen-bond acceptors (Lipinski definition) is 5. The van der Waals surface area contributed by atoms with Gasteiger partial charge in [0.25, 0.3) is 0 Å². The highest BCUT2D eigenvalue weighted by Gasteiger charge is 2.45. The van der Waals surface area contributed by atoms with Crippen molar-refractivity contribution in [1.29, 1.82) is 0 Å². The number of rotatable bonds is 7. The van der Waals surface area contributed by atoms with Crippen LogP contribution in [0.1, 0.15) is 65.1 Å². The quantitative estimate of drug-likeness (QED) is 0.822. The second kappa shape index (κ2) is 5.21. The molecule has 1 saturated carbocycles. The lowest BCUT2D eigenvalue weighted by molar-refractivity contribution is -0.0583. The Kier molecular flexibility index (Phi) is 3.97. The molecule has 19 heavy (non-hydrogen) atoms. The van der Waals surface area contributed by atoms with Gasteiger partial charge in [0.1, 0.15) is 5.60 Å². The summed E-state index contributed by atoms with van der Waals surface area (Å²) in [5.41, 5.74) is 5.36. The Morgan fingerprint density at radius 3 is 2.42 bits per heavy atom. The van der Waals surface area contributed by atoms with Gasteiger partial charge in [-0.1, -0.05) is 19.0 Å². The molecule has 1 aromatic rings. The summed E-state index contributed by atoms with van der Waals surface area (Å²) in [6, 6.07) is 0. The van der Waals surface area contributed by atoms with E-state index in [0.29, 0.717) is 24.2 Å². The number of ether oxygens (including phenoxy) is 1. The zero-order valence-corrected chi connectivity index (χ0v) is 12.4. The molecular weight excluding hydrogens is 242 g/mol. The van der Waals surface area contributed by atoms with Crippen LogP contribution in [0.4, 0.5) is 0 Å². The Hall–Kier alpha value is -0.940. The van der Waals surface area contributed by atoms with E-state index >= 15 is 0 Å². The highest BCUT2D eigenvalue weighted by molar-refractivity contribution is 5.10. The molecule has 5 nitrogen and oxygen atoms in total. The maximum Gasteiger partial charge on any atom is 0.246 e. The Morgan fingerprint density at radius 2 is 1.95 bits per heavy atom. The van der Waals surface area contributed by atoms with Gasteiger partial charge >= 0.3 is 0 Å². The molecule has 0 aromatic carbocycles. The number of nitrogens with two attached hydrogens (primary N) is 1. The normalized spacial score (nSPS) is 19.4. The minimum absolute atomic E-state index is 0.448. The molecule has 1 unspecified atom stereocenters. The van der Waals surface area contributed by atoms with Crippen molar-refractivity contribution in [2.24, 2.45) is 11.7 Å². The molecule has 5 heteroatoms. The summed E-state index contributed by atoms with van der Waals surface area (Å²) in [6.45, 7) is 8.75. The molecule has 1 aliphatic carbocycles. The Balaban J connectivity index is 2.28. The van der Waals surface area contributed by atoms with Gasteiger partial charge in [-0.25, -0.2) is 0 Å². The largest absolute Gasteiger partial charge is 0.367 e. The van der Waals surface area contributed by atoms with Crippen molar-refractivity contribution >= 4 is 0 Å². The number of aromatic nitrogens is 2. The van der Waals surface area contributed by atoms with Crippen LogP contribution in [-0.2, 0) is 15.9 Å². The molecule has 1 fully saturated rings. The maximum absolute atomic E-state index is 6.32. The highest BCUT2D eigenvalue weighted by atomic mass is 16.5. The van der Waals surface area contributed by atoms with Gasteiger partial charge in [0.05, 0.1) is 5.54 Å². The number of nitrogens with zero attached hydrogens (tertiary/aromatic N) is 2. The fourth-order valence-corrected chi connectivity index (χ4v) is 2.60. The zero-order chi connectivity index (χ0) is 14.1. The van der Waals surface area contributed by atoms with Gasteiger partial charge < -0.3 is 15.0 Å². The lowest BCUT2D eigenvalue weighted by Crippen LogP contribution is -2.36. The molecule has 1 heterocycles. The summed E-state index contributed by atoms with van der Waals surface area (Å²) in [5.74, 6) is 1.63. The first kappa shape index (κ1) is 14.5. The Morgan fingerprint density at radius 1 is 1.32 bits per heavy atom.